The van der Waals surface area contributed by atoms with Crippen molar-refractivity contribution in [2.75, 3.05) is 13.3 Å². The fourth-order valence-corrected chi connectivity index (χ4v) is 4.49. The molecule has 0 bridgehead atoms. The van der Waals surface area contributed by atoms with Crippen LogP contribution in [0.25, 0.3) is 10.9 Å². The Balaban J connectivity index is 1.59. The van der Waals surface area contributed by atoms with E-state index in [0.29, 0.717) is 5.56 Å². The van der Waals surface area contributed by atoms with Crippen molar-refractivity contribution in [3.8, 4) is 0 Å². The van der Waals surface area contributed by atoms with Crippen molar-refractivity contribution in [1.82, 2.24) is 20.9 Å². The number of nitrogens with one attached hydrogen (secondary N) is 4. The lowest BCUT2D eigenvalue weighted by Gasteiger charge is -2.29. The number of hydrogen-bond donors (Lipinski definition) is 7. The quantitative estimate of drug-likeness (QED) is 0.0885. The molecule has 1 heterocycles. The number of carboxylic acid groups (broad SMARTS) is 2. The summed E-state index contributed by atoms with van der Waals surface area (Å²) in [6.45, 7) is 0.570. The number of carbonyl (C=O) groups is 6. The van der Waals surface area contributed by atoms with Crippen LogP contribution in [0, 0.1) is 0 Å². The summed E-state index contributed by atoms with van der Waals surface area (Å²) in [5, 5.41) is 26.8. The minimum absolute atomic E-state index is 0.0421. The number of benzene rings is 2. The van der Waals surface area contributed by atoms with E-state index in [2.05, 4.69) is 25.7 Å². The number of nitrogens with two attached hydrogens (primary N) is 1. The summed E-state index contributed by atoms with van der Waals surface area (Å²) in [4.78, 5) is 75.2. The Morgan fingerprint density at radius 2 is 1.64 bits per heavy atom. The van der Waals surface area contributed by atoms with Crippen LogP contribution < -0.4 is 21.7 Å². The second-order valence-electron chi connectivity index (χ2n) is 10.3. The minimum Gasteiger partial charge on any atom is -0.481 e. The average Bonchev–Trinajstić information content (AvgIpc) is 3.39. The first kappa shape index (κ1) is 34.1. The molecular formula is C30H35N5O10. The highest BCUT2D eigenvalue weighted by atomic mass is 16.7. The lowest BCUT2D eigenvalue weighted by atomic mass is 9.91. The zero-order chi connectivity index (χ0) is 33.0. The highest BCUT2D eigenvalue weighted by molar-refractivity contribution is 5.91. The van der Waals surface area contributed by atoms with Crippen molar-refractivity contribution >= 4 is 46.7 Å². The fraction of sp³-hybridized carbons (Fsp3) is 0.333. The molecule has 3 unspecified atom stereocenters. The number of aromatic nitrogens is 1. The minimum atomic E-state index is -1.56. The number of amides is 3. The van der Waals surface area contributed by atoms with Gasteiger partial charge in [0.15, 0.2) is 0 Å². The van der Waals surface area contributed by atoms with Gasteiger partial charge in [0.05, 0.1) is 18.9 Å². The molecule has 45 heavy (non-hydrogen) atoms. The third kappa shape index (κ3) is 10.4. The van der Waals surface area contributed by atoms with Gasteiger partial charge in [0.2, 0.25) is 18.6 Å². The summed E-state index contributed by atoms with van der Waals surface area (Å²) < 4.78 is 9.36. The molecule has 15 heteroatoms. The molecule has 2 aromatic carbocycles. The highest BCUT2D eigenvalue weighted by Gasteiger charge is 2.36. The molecule has 0 spiro atoms. The van der Waals surface area contributed by atoms with E-state index in [1.807, 2.05) is 24.3 Å². The number of rotatable bonds is 16. The topological polar surface area (TPSA) is 239 Å². The monoisotopic (exact) mass is 625 g/mol. The van der Waals surface area contributed by atoms with Crippen LogP contribution in [0.4, 0.5) is 4.79 Å². The average molecular weight is 626 g/mol. The van der Waals surface area contributed by atoms with Gasteiger partial charge in [-0.25, -0.2) is 4.79 Å². The molecule has 1 aromatic heterocycles. The third-order valence-corrected chi connectivity index (χ3v) is 6.78. The SMILES string of the molecule is CC(Cc1c[nH]c2ccccc12)(NC(=O)O)C(=O)NCC(NC(=O)CCC(=O)OCOC(=O)C(N)CC(=O)O)c1ccccc1. The van der Waals surface area contributed by atoms with E-state index >= 15 is 0 Å². The molecule has 0 fully saturated rings. The molecule has 0 saturated carbocycles. The molecule has 0 radical (unpaired) electrons. The van der Waals surface area contributed by atoms with E-state index in [-0.39, 0.29) is 25.8 Å². The zero-order valence-electron chi connectivity index (χ0n) is 24.4. The lowest BCUT2D eigenvalue weighted by molar-refractivity contribution is -0.169. The number of aromatic amines is 1. The van der Waals surface area contributed by atoms with E-state index in [4.69, 9.17) is 15.6 Å². The number of aliphatic carboxylic acids is 1. The van der Waals surface area contributed by atoms with Gasteiger partial charge in [-0.15, -0.1) is 0 Å². The van der Waals surface area contributed by atoms with Crippen LogP contribution in [0.15, 0.2) is 60.8 Å². The van der Waals surface area contributed by atoms with Crippen LogP contribution in [0.5, 0.6) is 0 Å². The molecule has 3 aromatic rings. The predicted molar refractivity (Wildman–Crippen MR) is 158 cm³/mol. The first-order valence-electron chi connectivity index (χ1n) is 13.9. The van der Waals surface area contributed by atoms with E-state index in [1.165, 1.54) is 6.92 Å². The number of carboxylic acids is 1. The second-order valence-corrected chi connectivity index (χ2v) is 10.3. The second kappa shape index (κ2) is 15.9. The molecule has 3 rings (SSSR count). The van der Waals surface area contributed by atoms with Crippen LogP contribution in [0.2, 0.25) is 0 Å². The smallest absolute Gasteiger partial charge is 0.405 e. The summed E-state index contributed by atoms with van der Waals surface area (Å²) in [6.07, 6.45) is -0.956. The normalized spacial score (nSPS) is 13.5. The van der Waals surface area contributed by atoms with E-state index < -0.39 is 66.7 Å². The van der Waals surface area contributed by atoms with Gasteiger partial charge >= 0.3 is 24.0 Å². The number of para-hydroxylation sites is 1. The molecule has 3 atom stereocenters. The summed E-state index contributed by atoms with van der Waals surface area (Å²) in [7, 11) is 0. The summed E-state index contributed by atoms with van der Waals surface area (Å²) >= 11 is 0. The van der Waals surface area contributed by atoms with Gasteiger partial charge in [-0.1, -0.05) is 48.5 Å². The largest absolute Gasteiger partial charge is 0.481 e. The third-order valence-electron chi connectivity index (χ3n) is 6.78. The Morgan fingerprint density at radius 1 is 0.956 bits per heavy atom. The van der Waals surface area contributed by atoms with Crippen LogP contribution in [0.3, 0.4) is 0 Å². The van der Waals surface area contributed by atoms with Crippen LogP contribution in [0.1, 0.15) is 43.4 Å². The number of carbonyl (C=O) groups excluding carboxylic acids is 4. The van der Waals surface area contributed by atoms with E-state index in [0.717, 1.165) is 16.5 Å². The van der Waals surface area contributed by atoms with Gasteiger partial charge in [0.1, 0.15) is 11.6 Å². The molecule has 3 amide bonds. The number of esters is 2. The molecule has 15 nitrogen and oxygen atoms in total. The van der Waals surface area contributed by atoms with Gasteiger partial charge in [-0.3, -0.25) is 24.0 Å². The van der Waals surface area contributed by atoms with Gasteiger partial charge in [0.25, 0.3) is 0 Å². The Morgan fingerprint density at radius 3 is 2.33 bits per heavy atom. The number of ether oxygens (including phenoxy) is 2. The van der Waals surface area contributed by atoms with Crippen molar-refractivity contribution in [3.63, 3.8) is 0 Å². The molecule has 0 aliphatic heterocycles. The maximum absolute atomic E-state index is 13.4. The number of H-pyrrole nitrogens is 1. The molecule has 0 saturated heterocycles. The molecule has 0 aliphatic carbocycles. The van der Waals surface area contributed by atoms with Crippen molar-refractivity contribution in [1.29, 1.82) is 0 Å². The summed E-state index contributed by atoms with van der Waals surface area (Å²) in [5.74, 6) is -4.39. The number of fused-ring (bicyclic) bond motifs is 1. The van der Waals surface area contributed by atoms with Crippen molar-refractivity contribution in [3.05, 3.63) is 71.9 Å². The van der Waals surface area contributed by atoms with E-state index in [9.17, 15) is 33.9 Å². The van der Waals surface area contributed by atoms with Gasteiger partial charge in [-0.2, -0.15) is 0 Å². The first-order valence-corrected chi connectivity index (χ1v) is 13.9. The standard InChI is InChI=1S/C30H35N5O10/c1-30(35-29(42)43,14-19-15-32-22-10-6-5-9-20(19)22)28(41)33-16-23(18-7-3-2-4-8-18)34-24(36)11-12-26(39)44-17-45-27(40)21(31)13-25(37)38/h2-10,15,21,23,32,35H,11-14,16-17,31H2,1H3,(H,33,41)(H,34,36)(H,37,38)(H,42,43). The maximum Gasteiger partial charge on any atom is 0.405 e. The van der Waals surface area contributed by atoms with Crippen molar-refractivity contribution < 1.29 is 48.5 Å². The van der Waals surface area contributed by atoms with Crippen LogP contribution in [-0.4, -0.2) is 75.9 Å². The Bertz CT molecular complexity index is 1530. The Kier molecular flexibility index (Phi) is 12.0. The van der Waals surface area contributed by atoms with Crippen LogP contribution >= 0.6 is 0 Å². The Hall–Kier alpha value is -5.44. The van der Waals surface area contributed by atoms with Crippen molar-refractivity contribution in [2.45, 2.75) is 50.2 Å². The first-order chi connectivity index (χ1) is 21.4. The van der Waals surface area contributed by atoms with Gasteiger partial charge in [-0.05, 0) is 24.1 Å². The molecular weight excluding hydrogens is 590 g/mol. The van der Waals surface area contributed by atoms with Crippen molar-refractivity contribution in [2.24, 2.45) is 5.73 Å². The summed E-state index contributed by atoms with van der Waals surface area (Å²) in [6, 6.07) is 14.0. The Labute approximate surface area is 257 Å². The van der Waals surface area contributed by atoms with Gasteiger partial charge < -0.3 is 46.4 Å². The van der Waals surface area contributed by atoms with E-state index in [1.54, 1.807) is 36.5 Å². The maximum atomic E-state index is 13.4. The molecule has 0 aliphatic rings. The fourth-order valence-electron chi connectivity index (χ4n) is 4.49. The van der Waals surface area contributed by atoms with Gasteiger partial charge in [0, 0.05) is 36.5 Å². The predicted octanol–water partition coefficient (Wildman–Crippen LogP) is 1.34. The van der Waals surface area contributed by atoms with Crippen LogP contribution in [-0.2, 0) is 39.9 Å². The summed E-state index contributed by atoms with van der Waals surface area (Å²) in [5.41, 5.74) is 6.01. The molecule has 240 valence electrons. The molecule has 8 N–H and O–H groups in total. The number of hydrogen-bond acceptors (Lipinski definition) is 9. The highest BCUT2D eigenvalue weighted by Crippen LogP contribution is 2.23. The zero-order valence-corrected chi connectivity index (χ0v) is 24.4. The lowest BCUT2D eigenvalue weighted by Crippen LogP contribution is -2.58.